The summed E-state index contributed by atoms with van der Waals surface area (Å²) < 4.78 is 0. The second-order valence-corrected chi connectivity index (χ2v) is 5.82. The van der Waals surface area contributed by atoms with Gasteiger partial charge < -0.3 is 10.2 Å². The van der Waals surface area contributed by atoms with Crippen LogP contribution in [0.3, 0.4) is 0 Å². The molecular formula is C12H20N2O2S. The molecule has 0 aromatic heterocycles. The summed E-state index contributed by atoms with van der Waals surface area (Å²) in [7, 11) is 0. The summed E-state index contributed by atoms with van der Waals surface area (Å²) in [4.78, 5) is 25.7. The maximum absolute atomic E-state index is 11.9. The third-order valence-corrected chi connectivity index (χ3v) is 4.47. The Morgan fingerprint density at radius 2 is 2.24 bits per heavy atom. The van der Waals surface area contributed by atoms with Crippen LogP contribution in [0.1, 0.15) is 25.7 Å². The van der Waals surface area contributed by atoms with Gasteiger partial charge in [-0.15, -0.1) is 0 Å². The zero-order valence-electron chi connectivity index (χ0n) is 10.3. The zero-order chi connectivity index (χ0) is 12.3. The van der Waals surface area contributed by atoms with Crippen molar-refractivity contribution in [1.82, 2.24) is 10.2 Å². The molecule has 0 unspecified atom stereocenters. The number of rotatable bonds is 2. The first-order valence-electron chi connectivity index (χ1n) is 6.23. The first-order chi connectivity index (χ1) is 8.18. The average molecular weight is 256 g/mol. The van der Waals surface area contributed by atoms with Crippen molar-refractivity contribution in [2.24, 2.45) is 5.41 Å². The maximum Gasteiger partial charge on any atom is 0.232 e. The van der Waals surface area contributed by atoms with Gasteiger partial charge in [0.05, 0.1) is 11.2 Å². The number of hydrogen-bond acceptors (Lipinski definition) is 3. The van der Waals surface area contributed by atoms with E-state index in [1.807, 2.05) is 11.2 Å². The third kappa shape index (κ3) is 2.59. The van der Waals surface area contributed by atoms with Crippen LogP contribution in [0.15, 0.2) is 0 Å². The van der Waals surface area contributed by atoms with Gasteiger partial charge in [0.25, 0.3) is 0 Å². The monoisotopic (exact) mass is 256 g/mol. The average Bonchev–Trinajstić information content (AvgIpc) is 2.53. The number of hydrogen-bond donors (Lipinski definition) is 1. The van der Waals surface area contributed by atoms with Gasteiger partial charge in [-0.3, -0.25) is 9.59 Å². The van der Waals surface area contributed by atoms with Crippen molar-refractivity contribution in [2.45, 2.75) is 25.7 Å². The second-order valence-electron chi connectivity index (χ2n) is 4.95. The van der Waals surface area contributed by atoms with Crippen molar-refractivity contribution in [3.8, 4) is 0 Å². The van der Waals surface area contributed by atoms with E-state index in [4.69, 9.17) is 0 Å². The lowest BCUT2D eigenvalue weighted by Crippen LogP contribution is -2.35. The van der Waals surface area contributed by atoms with E-state index >= 15 is 0 Å². The lowest BCUT2D eigenvalue weighted by atomic mass is 9.79. The Hall–Kier alpha value is -0.710. The summed E-state index contributed by atoms with van der Waals surface area (Å²) in [6.45, 7) is 2.36. The molecule has 0 aromatic rings. The predicted molar refractivity (Wildman–Crippen MR) is 68.9 cm³/mol. The summed E-state index contributed by atoms with van der Waals surface area (Å²) >= 11 is 1.56. The Kier molecular flexibility index (Phi) is 3.97. The topological polar surface area (TPSA) is 49.4 Å². The molecule has 2 amide bonds. The zero-order valence-corrected chi connectivity index (χ0v) is 11.1. The molecule has 0 aliphatic carbocycles. The van der Waals surface area contributed by atoms with E-state index in [1.54, 1.807) is 11.8 Å². The molecule has 96 valence electrons. The van der Waals surface area contributed by atoms with E-state index in [0.29, 0.717) is 5.75 Å². The number of nitrogens with one attached hydrogen (secondary N) is 1. The van der Waals surface area contributed by atoms with Crippen LogP contribution in [0, 0.1) is 5.41 Å². The van der Waals surface area contributed by atoms with Gasteiger partial charge in [0, 0.05) is 19.6 Å². The summed E-state index contributed by atoms with van der Waals surface area (Å²) in [6.07, 6.45) is 5.60. The fourth-order valence-electron chi connectivity index (χ4n) is 2.85. The second kappa shape index (κ2) is 5.29. The minimum Gasteiger partial charge on any atom is -0.356 e. The van der Waals surface area contributed by atoms with Crippen LogP contribution in [0.4, 0.5) is 0 Å². The van der Waals surface area contributed by atoms with Gasteiger partial charge in [-0.2, -0.15) is 11.8 Å². The lowest BCUT2D eigenvalue weighted by Gasteiger charge is -2.24. The molecule has 0 bridgehead atoms. The SMILES string of the molecule is CSCC(=O)N1CCC[C@@]2(CCNC2=O)CC1. The number of amides is 2. The molecule has 2 heterocycles. The van der Waals surface area contributed by atoms with E-state index < -0.39 is 0 Å². The Balaban J connectivity index is 1.98. The van der Waals surface area contributed by atoms with Gasteiger partial charge in [0.1, 0.15) is 0 Å². The normalized spacial score (nSPS) is 29.2. The molecule has 0 saturated carbocycles. The molecule has 0 aromatic carbocycles. The first kappa shape index (κ1) is 12.7. The number of carbonyl (C=O) groups is 2. The van der Waals surface area contributed by atoms with E-state index in [-0.39, 0.29) is 17.2 Å². The summed E-state index contributed by atoms with van der Waals surface area (Å²) in [5.74, 6) is 0.976. The van der Waals surface area contributed by atoms with E-state index in [1.165, 1.54) is 0 Å². The van der Waals surface area contributed by atoms with Crippen molar-refractivity contribution in [2.75, 3.05) is 31.6 Å². The smallest absolute Gasteiger partial charge is 0.232 e. The molecule has 1 atom stereocenters. The van der Waals surface area contributed by atoms with Gasteiger partial charge in [0.2, 0.25) is 11.8 Å². The van der Waals surface area contributed by atoms with Crippen LogP contribution in [-0.2, 0) is 9.59 Å². The number of carbonyl (C=O) groups excluding carboxylic acids is 2. The summed E-state index contributed by atoms with van der Waals surface area (Å²) in [6, 6.07) is 0. The van der Waals surface area contributed by atoms with Crippen LogP contribution in [0.2, 0.25) is 0 Å². The molecule has 1 spiro atoms. The Bertz CT molecular complexity index is 322. The maximum atomic E-state index is 11.9. The third-order valence-electron chi connectivity index (χ3n) is 3.93. The molecule has 0 radical (unpaired) electrons. The largest absolute Gasteiger partial charge is 0.356 e. The van der Waals surface area contributed by atoms with Crippen LogP contribution < -0.4 is 5.32 Å². The number of nitrogens with zero attached hydrogens (tertiary/aromatic N) is 1. The molecular weight excluding hydrogens is 236 g/mol. The van der Waals surface area contributed by atoms with Gasteiger partial charge >= 0.3 is 0 Å². The number of likely N-dealkylation sites (tertiary alicyclic amines) is 1. The molecule has 2 aliphatic heterocycles. The summed E-state index contributed by atoms with van der Waals surface area (Å²) in [5, 5.41) is 2.93. The van der Waals surface area contributed by atoms with Crippen molar-refractivity contribution >= 4 is 23.6 Å². The predicted octanol–water partition coefficient (Wildman–Crippen LogP) is 0.868. The Morgan fingerprint density at radius 3 is 2.88 bits per heavy atom. The molecule has 2 rings (SSSR count). The Labute approximate surface area is 106 Å². The highest BCUT2D eigenvalue weighted by Gasteiger charge is 2.43. The van der Waals surface area contributed by atoms with Crippen molar-refractivity contribution in [1.29, 1.82) is 0 Å². The quantitative estimate of drug-likeness (QED) is 0.797. The van der Waals surface area contributed by atoms with Gasteiger partial charge in [-0.25, -0.2) is 0 Å². The minimum absolute atomic E-state index is 0.172. The molecule has 17 heavy (non-hydrogen) atoms. The van der Waals surface area contributed by atoms with E-state index in [2.05, 4.69) is 5.32 Å². The Morgan fingerprint density at radius 1 is 1.41 bits per heavy atom. The van der Waals surface area contributed by atoms with Crippen LogP contribution >= 0.6 is 11.8 Å². The van der Waals surface area contributed by atoms with Crippen LogP contribution in [0.5, 0.6) is 0 Å². The van der Waals surface area contributed by atoms with Gasteiger partial charge in [0.15, 0.2) is 0 Å². The van der Waals surface area contributed by atoms with Crippen LogP contribution in [0.25, 0.3) is 0 Å². The summed E-state index contributed by atoms with van der Waals surface area (Å²) in [5.41, 5.74) is -0.172. The number of thioether (sulfide) groups is 1. The minimum atomic E-state index is -0.172. The molecule has 1 N–H and O–H groups in total. The first-order valence-corrected chi connectivity index (χ1v) is 7.62. The highest BCUT2D eigenvalue weighted by Crippen LogP contribution is 2.37. The highest BCUT2D eigenvalue weighted by atomic mass is 32.2. The fourth-order valence-corrected chi connectivity index (χ4v) is 3.28. The highest BCUT2D eigenvalue weighted by molar-refractivity contribution is 7.99. The van der Waals surface area contributed by atoms with Crippen molar-refractivity contribution in [3.05, 3.63) is 0 Å². The molecule has 4 nitrogen and oxygen atoms in total. The molecule has 2 fully saturated rings. The van der Waals surface area contributed by atoms with Crippen LogP contribution in [-0.4, -0.2) is 48.4 Å². The molecule has 2 saturated heterocycles. The van der Waals surface area contributed by atoms with Crippen molar-refractivity contribution in [3.63, 3.8) is 0 Å². The van der Waals surface area contributed by atoms with Crippen molar-refractivity contribution < 1.29 is 9.59 Å². The molecule has 2 aliphatic rings. The lowest BCUT2D eigenvalue weighted by molar-refractivity contribution is -0.130. The van der Waals surface area contributed by atoms with Gasteiger partial charge in [-0.05, 0) is 31.9 Å². The fraction of sp³-hybridized carbons (Fsp3) is 0.833. The van der Waals surface area contributed by atoms with E-state index in [0.717, 1.165) is 45.3 Å². The standard InChI is InChI=1S/C12H20N2O2S/c1-17-9-10(15)14-7-2-3-12(5-8-14)4-6-13-11(12)16/h2-9H2,1H3,(H,13,16)/t12-/m1/s1. The van der Waals surface area contributed by atoms with E-state index in [9.17, 15) is 9.59 Å². The molecule has 5 heteroatoms. The van der Waals surface area contributed by atoms with Gasteiger partial charge in [-0.1, -0.05) is 0 Å².